The largest absolute Gasteiger partial charge is 0.476 e. The highest BCUT2D eigenvalue weighted by Crippen LogP contribution is 2.21. The Morgan fingerprint density at radius 2 is 1.68 bits per heavy atom. The van der Waals surface area contributed by atoms with E-state index in [1.807, 2.05) is 6.92 Å². The summed E-state index contributed by atoms with van der Waals surface area (Å²) in [6, 6.07) is 12.8. The van der Waals surface area contributed by atoms with Crippen molar-refractivity contribution in [1.82, 2.24) is 0 Å². The lowest BCUT2D eigenvalue weighted by molar-refractivity contribution is 0.0596. The third-order valence-electron chi connectivity index (χ3n) is 3.04. The van der Waals surface area contributed by atoms with Crippen LogP contribution in [0.25, 0.3) is 0 Å². The number of rotatable bonds is 5. The first-order chi connectivity index (χ1) is 10.4. The maximum absolute atomic E-state index is 12.2. The monoisotopic (exact) mass is 320 g/mol. The topological polar surface area (TPSA) is 69.7 Å². The van der Waals surface area contributed by atoms with Crippen molar-refractivity contribution >= 4 is 15.8 Å². The molecule has 116 valence electrons. The van der Waals surface area contributed by atoms with Crippen molar-refractivity contribution in [3.05, 3.63) is 59.7 Å². The number of carbonyl (C=O) groups excluding carboxylic acids is 1. The molecule has 0 saturated carbocycles. The average molecular weight is 320 g/mol. The van der Waals surface area contributed by atoms with Crippen LogP contribution < -0.4 is 4.74 Å². The molecular weight excluding hydrogens is 304 g/mol. The summed E-state index contributed by atoms with van der Waals surface area (Å²) in [5, 5.41) is 0. The molecule has 0 aromatic heterocycles. The standard InChI is InChI=1S/C16H16O5S/c1-12-7-9-13(10-8-12)22(18,19)11-21-15-6-4-3-5-14(15)16(17)20-2/h3-10H,11H2,1-2H3. The molecule has 2 rings (SSSR count). The van der Waals surface area contributed by atoms with Gasteiger partial charge in [-0.25, -0.2) is 13.2 Å². The molecule has 0 amide bonds. The molecule has 0 unspecified atom stereocenters. The summed E-state index contributed by atoms with van der Waals surface area (Å²) in [5.41, 5.74) is 1.15. The molecule has 0 aliphatic heterocycles. The lowest BCUT2D eigenvalue weighted by Crippen LogP contribution is -2.14. The normalized spacial score (nSPS) is 11.0. The Morgan fingerprint density at radius 1 is 1.05 bits per heavy atom. The van der Waals surface area contributed by atoms with Crippen LogP contribution in [0.4, 0.5) is 0 Å². The van der Waals surface area contributed by atoms with Crippen LogP contribution in [0, 0.1) is 6.92 Å². The number of carbonyl (C=O) groups is 1. The van der Waals surface area contributed by atoms with Crippen LogP contribution in [0.15, 0.2) is 53.4 Å². The number of benzene rings is 2. The zero-order valence-electron chi connectivity index (χ0n) is 12.3. The minimum Gasteiger partial charge on any atom is -0.476 e. The van der Waals surface area contributed by atoms with Crippen LogP contribution in [-0.2, 0) is 14.6 Å². The van der Waals surface area contributed by atoms with Gasteiger partial charge in [0.1, 0.15) is 11.3 Å². The molecule has 0 bridgehead atoms. The van der Waals surface area contributed by atoms with E-state index >= 15 is 0 Å². The van der Waals surface area contributed by atoms with Crippen molar-refractivity contribution in [1.29, 1.82) is 0 Å². The van der Waals surface area contributed by atoms with Crippen LogP contribution in [-0.4, -0.2) is 27.4 Å². The van der Waals surface area contributed by atoms with Crippen LogP contribution in [0.1, 0.15) is 15.9 Å². The fourth-order valence-electron chi connectivity index (χ4n) is 1.83. The molecule has 0 fully saturated rings. The van der Waals surface area contributed by atoms with E-state index in [1.54, 1.807) is 24.3 Å². The van der Waals surface area contributed by atoms with E-state index in [4.69, 9.17) is 4.74 Å². The molecule has 0 atom stereocenters. The third-order valence-corrected chi connectivity index (χ3v) is 4.46. The van der Waals surface area contributed by atoms with E-state index in [0.29, 0.717) is 0 Å². The average Bonchev–Trinajstić information content (AvgIpc) is 2.53. The number of hydrogen-bond acceptors (Lipinski definition) is 5. The van der Waals surface area contributed by atoms with Gasteiger partial charge in [-0.3, -0.25) is 0 Å². The van der Waals surface area contributed by atoms with Crippen molar-refractivity contribution < 1.29 is 22.7 Å². The Balaban J connectivity index is 2.19. The minimum atomic E-state index is -3.60. The Bertz CT molecular complexity index is 763. The smallest absolute Gasteiger partial charge is 0.341 e. The zero-order chi connectivity index (χ0) is 16.2. The van der Waals surface area contributed by atoms with Crippen LogP contribution in [0.2, 0.25) is 0 Å². The highest BCUT2D eigenvalue weighted by Gasteiger charge is 2.18. The molecule has 0 heterocycles. The fourth-order valence-corrected chi connectivity index (χ4v) is 2.79. The molecule has 5 nitrogen and oxygen atoms in total. The molecular formula is C16H16O5S. The highest BCUT2D eigenvalue weighted by atomic mass is 32.2. The number of esters is 1. The first kappa shape index (κ1) is 16.0. The first-order valence-electron chi connectivity index (χ1n) is 6.53. The van der Waals surface area contributed by atoms with Gasteiger partial charge in [0.2, 0.25) is 9.84 Å². The van der Waals surface area contributed by atoms with E-state index in [0.717, 1.165) is 5.56 Å². The van der Waals surface area contributed by atoms with Crippen molar-refractivity contribution in [3.63, 3.8) is 0 Å². The van der Waals surface area contributed by atoms with Gasteiger partial charge in [0.15, 0.2) is 5.94 Å². The van der Waals surface area contributed by atoms with Gasteiger partial charge in [-0.2, -0.15) is 0 Å². The van der Waals surface area contributed by atoms with Gasteiger partial charge >= 0.3 is 5.97 Å². The van der Waals surface area contributed by atoms with Crippen molar-refractivity contribution in [2.75, 3.05) is 13.0 Å². The van der Waals surface area contributed by atoms with E-state index in [9.17, 15) is 13.2 Å². The molecule has 0 spiro atoms. The van der Waals surface area contributed by atoms with Crippen LogP contribution >= 0.6 is 0 Å². The quantitative estimate of drug-likeness (QED) is 0.792. The molecule has 2 aromatic rings. The van der Waals surface area contributed by atoms with Crippen molar-refractivity contribution in [2.45, 2.75) is 11.8 Å². The van der Waals surface area contributed by atoms with Crippen molar-refractivity contribution in [3.8, 4) is 5.75 Å². The SMILES string of the molecule is COC(=O)c1ccccc1OCS(=O)(=O)c1ccc(C)cc1. The van der Waals surface area contributed by atoms with Gasteiger partial charge in [-0.1, -0.05) is 29.8 Å². The molecule has 0 aliphatic carbocycles. The molecule has 0 N–H and O–H groups in total. The van der Waals surface area contributed by atoms with Gasteiger partial charge in [0, 0.05) is 0 Å². The third kappa shape index (κ3) is 3.65. The molecule has 6 heteroatoms. The molecule has 2 aromatic carbocycles. The first-order valence-corrected chi connectivity index (χ1v) is 8.19. The Hall–Kier alpha value is -2.34. The van der Waals surface area contributed by atoms with Crippen LogP contribution in [0.3, 0.4) is 0 Å². The van der Waals surface area contributed by atoms with E-state index in [-0.39, 0.29) is 16.2 Å². The summed E-state index contributed by atoms with van der Waals surface area (Å²) in [6.07, 6.45) is 0. The second kappa shape index (κ2) is 6.62. The zero-order valence-corrected chi connectivity index (χ0v) is 13.1. The molecule has 0 aliphatic rings. The van der Waals surface area contributed by atoms with Gasteiger partial charge in [-0.15, -0.1) is 0 Å². The summed E-state index contributed by atoms with van der Waals surface area (Å²) < 4.78 is 34.4. The Labute approximate surface area is 129 Å². The second-order valence-electron chi connectivity index (χ2n) is 4.68. The lowest BCUT2D eigenvalue weighted by Gasteiger charge is -2.10. The molecule has 22 heavy (non-hydrogen) atoms. The summed E-state index contributed by atoms with van der Waals surface area (Å²) in [7, 11) is -2.35. The van der Waals surface area contributed by atoms with Gasteiger partial charge < -0.3 is 9.47 Å². The second-order valence-corrected chi connectivity index (χ2v) is 6.61. The van der Waals surface area contributed by atoms with Crippen molar-refractivity contribution in [2.24, 2.45) is 0 Å². The van der Waals surface area contributed by atoms with E-state index in [2.05, 4.69) is 4.74 Å². The number of hydrogen-bond donors (Lipinski definition) is 0. The summed E-state index contributed by atoms with van der Waals surface area (Å²) in [6.45, 7) is 1.87. The maximum atomic E-state index is 12.2. The Kier molecular flexibility index (Phi) is 4.82. The highest BCUT2D eigenvalue weighted by molar-refractivity contribution is 7.91. The van der Waals surface area contributed by atoms with E-state index < -0.39 is 21.7 Å². The number of sulfone groups is 1. The lowest BCUT2D eigenvalue weighted by atomic mass is 10.2. The van der Waals surface area contributed by atoms with Crippen LogP contribution in [0.5, 0.6) is 5.75 Å². The number of methoxy groups -OCH3 is 1. The number of ether oxygens (including phenoxy) is 2. The predicted octanol–water partition coefficient (Wildman–Crippen LogP) is 2.59. The predicted molar refractivity (Wildman–Crippen MR) is 81.6 cm³/mol. The van der Waals surface area contributed by atoms with Gasteiger partial charge in [0.05, 0.1) is 12.0 Å². The molecule has 0 radical (unpaired) electrons. The van der Waals surface area contributed by atoms with Gasteiger partial charge in [0.25, 0.3) is 0 Å². The number of aryl methyl sites for hydroxylation is 1. The number of para-hydroxylation sites is 1. The van der Waals surface area contributed by atoms with E-state index in [1.165, 1.54) is 31.4 Å². The molecule has 0 saturated heterocycles. The fraction of sp³-hybridized carbons (Fsp3) is 0.188. The minimum absolute atomic E-state index is 0.171. The van der Waals surface area contributed by atoms with Gasteiger partial charge in [-0.05, 0) is 31.2 Å². The summed E-state index contributed by atoms with van der Waals surface area (Å²) in [5.74, 6) is -0.960. The summed E-state index contributed by atoms with van der Waals surface area (Å²) in [4.78, 5) is 11.8. The maximum Gasteiger partial charge on any atom is 0.341 e. The summed E-state index contributed by atoms with van der Waals surface area (Å²) >= 11 is 0. The Morgan fingerprint density at radius 3 is 2.32 bits per heavy atom.